The number of nitrogen functional groups attached to an aromatic ring is 1. The van der Waals surface area contributed by atoms with Crippen LogP contribution in [0.15, 0.2) is 20.7 Å². The number of nitrogens with zero attached hydrogens (tertiary/aromatic N) is 4. The molecule has 16 heavy (non-hydrogen) atoms. The van der Waals surface area contributed by atoms with E-state index in [0.29, 0.717) is 22.1 Å². The Morgan fingerprint density at radius 3 is 2.75 bits per heavy atom. The summed E-state index contributed by atoms with van der Waals surface area (Å²) in [5.74, 6) is 6.13. The Balaban J connectivity index is 2.24. The second kappa shape index (κ2) is 4.45. The van der Waals surface area contributed by atoms with Gasteiger partial charge in [0.15, 0.2) is 0 Å². The number of nitrogens with two attached hydrogens (primary N) is 1. The van der Waals surface area contributed by atoms with E-state index >= 15 is 0 Å². The number of aromatic nitrogens is 4. The topological polar surface area (TPSA) is 103 Å². The van der Waals surface area contributed by atoms with E-state index in [4.69, 9.17) is 10.3 Å². The number of hydrogen-bond donors (Lipinski definition) is 2. The third-order valence-corrected chi connectivity index (χ3v) is 2.42. The van der Waals surface area contributed by atoms with Gasteiger partial charge in [-0.2, -0.15) is 0 Å². The van der Waals surface area contributed by atoms with Crippen LogP contribution in [-0.2, 0) is 0 Å². The van der Waals surface area contributed by atoms with Crippen molar-refractivity contribution in [3.63, 3.8) is 0 Å². The van der Waals surface area contributed by atoms with E-state index in [1.54, 1.807) is 6.92 Å². The number of nitrogens with one attached hydrogen (secondary N) is 1. The van der Waals surface area contributed by atoms with E-state index < -0.39 is 0 Å². The zero-order chi connectivity index (χ0) is 11.5. The summed E-state index contributed by atoms with van der Waals surface area (Å²) in [6.45, 7) is 3.58. The largest absolute Gasteiger partial charge is 0.416 e. The van der Waals surface area contributed by atoms with Gasteiger partial charge in [-0.15, -0.1) is 10.2 Å². The molecule has 3 N–H and O–H groups in total. The van der Waals surface area contributed by atoms with E-state index in [1.807, 2.05) is 13.0 Å². The summed E-state index contributed by atoms with van der Waals surface area (Å²) in [7, 11) is 0. The summed E-state index contributed by atoms with van der Waals surface area (Å²) < 4.78 is 5.23. The van der Waals surface area contributed by atoms with Crippen LogP contribution in [0.3, 0.4) is 0 Å². The predicted molar refractivity (Wildman–Crippen MR) is 57.7 cm³/mol. The van der Waals surface area contributed by atoms with Crippen molar-refractivity contribution in [2.24, 2.45) is 5.84 Å². The van der Waals surface area contributed by atoms with Gasteiger partial charge in [-0.25, -0.2) is 15.8 Å². The first-order chi connectivity index (χ1) is 7.67. The lowest BCUT2D eigenvalue weighted by atomic mass is 10.5. The molecule has 7 nitrogen and oxygen atoms in total. The molecule has 0 saturated heterocycles. The molecule has 0 fully saturated rings. The number of anilines is 1. The maximum Gasteiger partial charge on any atom is 0.282 e. The highest BCUT2D eigenvalue weighted by Gasteiger charge is 2.08. The van der Waals surface area contributed by atoms with Crippen LogP contribution in [0.2, 0.25) is 0 Å². The molecule has 2 aromatic heterocycles. The quantitative estimate of drug-likeness (QED) is 0.462. The number of aryl methyl sites for hydroxylation is 2. The molecule has 0 atom stereocenters. The minimum absolute atomic E-state index is 0.360. The van der Waals surface area contributed by atoms with Crippen molar-refractivity contribution in [1.82, 2.24) is 20.2 Å². The fraction of sp³-hybridized carbons (Fsp3) is 0.250. The summed E-state index contributed by atoms with van der Waals surface area (Å²) in [6, 6.07) is 1.81. The van der Waals surface area contributed by atoms with Crippen LogP contribution in [0.5, 0.6) is 0 Å². The third kappa shape index (κ3) is 2.47. The van der Waals surface area contributed by atoms with E-state index in [9.17, 15) is 0 Å². The zero-order valence-corrected chi connectivity index (χ0v) is 9.58. The summed E-state index contributed by atoms with van der Waals surface area (Å²) >= 11 is 1.27. The van der Waals surface area contributed by atoms with Crippen molar-refractivity contribution < 1.29 is 4.42 Å². The van der Waals surface area contributed by atoms with Gasteiger partial charge in [-0.05, 0) is 24.8 Å². The molecule has 0 aliphatic rings. The van der Waals surface area contributed by atoms with Crippen molar-refractivity contribution in [3.8, 4) is 0 Å². The van der Waals surface area contributed by atoms with E-state index in [-0.39, 0.29) is 0 Å². The van der Waals surface area contributed by atoms with Crippen LogP contribution in [-0.4, -0.2) is 20.2 Å². The predicted octanol–water partition coefficient (Wildman–Crippen LogP) is 0.913. The summed E-state index contributed by atoms with van der Waals surface area (Å²) in [4.78, 5) is 8.22. The highest BCUT2D eigenvalue weighted by molar-refractivity contribution is 7.99. The molecule has 0 radical (unpaired) electrons. The first-order valence-electron chi connectivity index (χ1n) is 4.47. The Kier molecular flexibility index (Phi) is 3.02. The van der Waals surface area contributed by atoms with Crippen LogP contribution in [0.1, 0.15) is 11.6 Å². The van der Waals surface area contributed by atoms with Gasteiger partial charge in [-0.1, -0.05) is 0 Å². The zero-order valence-electron chi connectivity index (χ0n) is 8.76. The molecule has 0 spiro atoms. The molecular formula is C8H10N6OS. The Bertz CT molecular complexity index is 499. The second-order valence-electron chi connectivity index (χ2n) is 3.00. The van der Waals surface area contributed by atoms with Crippen LogP contribution in [0.4, 0.5) is 5.95 Å². The normalized spacial score (nSPS) is 10.4. The lowest BCUT2D eigenvalue weighted by Gasteiger charge is -2.02. The molecule has 0 aliphatic carbocycles. The summed E-state index contributed by atoms with van der Waals surface area (Å²) in [5, 5.41) is 8.73. The van der Waals surface area contributed by atoms with Gasteiger partial charge < -0.3 is 4.42 Å². The van der Waals surface area contributed by atoms with Crippen molar-refractivity contribution in [3.05, 3.63) is 17.7 Å². The standard InChI is InChI=1S/C8H10N6OS/c1-4-3-6(11-7(10-4)12-9)16-8-14-13-5(2)15-8/h3H,9H2,1-2H3,(H,10,11,12). The van der Waals surface area contributed by atoms with Crippen LogP contribution in [0.25, 0.3) is 0 Å². The van der Waals surface area contributed by atoms with Crippen molar-refractivity contribution in [2.75, 3.05) is 5.43 Å². The molecule has 2 rings (SSSR count). The summed E-state index contributed by atoms with van der Waals surface area (Å²) in [6.07, 6.45) is 0. The van der Waals surface area contributed by atoms with E-state index in [2.05, 4.69) is 25.6 Å². The molecule has 0 bridgehead atoms. The van der Waals surface area contributed by atoms with E-state index in [1.165, 1.54) is 11.8 Å². The Morgan fingerprint density at radius 2 is 2.12 bits per heavy atom. The van der Waals surface area contributed by atoms with Gasteiger partial charge in [-0.3, -0.25) is 5.43 Å². The smallest absolute Gasteiger partial charge is 0.282 e. The van der Waals surface area contributed by atoms with Gasteiger partial charge in [0.2, 0.25) is 11.8 Å². The fourth-order valence-corrected chi connectivity index (χ4v) is 1.85. The molecule has 2 heterocycles. The molecule has 0 unspecified atom stereocenters. The van der Waals surface area contributed by atoms with Gasteiger partial charge >= 0.3 is 0 Å². The van der Waals surface area contributed by atoms with Gasteiger partial charge in [0, 0.05) is 12.6 Å². The second-order valence-corrected chi connectivity index (χ2v) is 3.98. The lowest BCUT2D eigenvalue weighted by Crippen LogP contribution is -2.11. The van der Waals surface area contributed by atoms with Crippen LogP contribution in [0, 0.1) is 13.8 Å². The lowest BCUT2D eigenvalue weighted by molar-refractivity contribution is 0.429. The van der Waals surface area contributed by atoms with Gasteiger partial charge in [0.05, 0.1) is 0 Å². The molecule has 8 heteroatoms. The minimum Gasteiger partial charge on any atom is -0.416 e. The minimum atomic E-state index is 0.360. The Hall–Kier alpha value is -1.67. The number of hydrogen-bond acceptors (Lipinski definition) is 8. The first-order valence-corrected chi connectivity index (χ1v) is 5.29. The molecule has 2 aromatic rings. The SMILES string of the molecule is Cc1cc(Sc2nnc(C)o2)nc(NN)n1. The third-order valence-electron chi connectivity index (χ3n) is 1.66. The Labute approximate surface area is 95.8 Å². The molecule has 84 valence electrons. The van der Waals surface area contributed by atoms with Crippen molar-refractivity contribution in [1.29, 1.82) is 0 Å². The van der Waals surface area contributed by atoms with Gasteiger partial charge in [0.25, 0.3) is 5.22 Å². The molecule has 0 amide bonds. The average molecular weight is 238 g/mol. The summed E-state index contributed by atoms with van der Waals surface area (Å²) in [5.41, 5.74) is 3.20. The number of hydrazine groups is 1. The van der Waals surface area contributed by atoms with Gasteiger partial charge in [0.1, 0.15) is 5.03 Å². The molecule has 0 saturated carbocycles. The average Bonchev–Trinajstić information content (AvgIpc) is 2.63. The Morgan fingerprint density at radius 1 is 1.31 bits per heavy atom. The highest BCUT2D eigenvalue weighted by Crippen LogP contribution is 2.25. The van der Waals surface area contributed by atoms with Crippen LogP contribution >= 0.6 is 11.8 Å². The van der Waals surface area contributed by atoms with Crippen LogP contribution < -0.4 is 11.3 Å². The highest BCUT2D eigenvalue weighted by atomic mass is 32.2. The fourth-order valence-electron chi connectivity index (χ4n) is 1.07. The number of rotatable bonds is 3. The maximum absolute atomic E-state index is 5.25. The molecule has 0 aliphatic heterocycles. The van der Waals surface area contributed by atoms with E-state index in [0.717, 1.165) is 5.69 Å². The maximum atomic E-state index is 5.25. The first kappa shape index (κ1) is 10.8. The molecular weight excluding hydrogens is 228 g/mol. The van der Waals surface area contributed by atoms with Crippen molar-refractivity contribution >= 4 is 17.7 Å². The molecule has 0 aromatic carbocycles. The van der Waals surface area contributed by atoms with Crippen molar-refractivity contribution in [2.45, 2.75) is 24.1 Å². The monoisotopic (exact) mass is 238 g/mol.